The van der Waals surface area contributed by atoms with E-state index in [1.54, 1.807) is 30.2 Å². The predicted molar refractivity (Wildman–Crippen MR) is 102 cm³/mol. The summed E-state index contributed by atoms with van der Waals surface area (Å²) in [6.07, 6.45) is 2.77. The van der Waals surface area contributed by atoms with E-state index in [1.807, 2.05) is 34.6 Å². The van der Waals surface area contributed by atoms with Crippen molar-refractivity contribution in [3.05, 3.63) is 18.5 Å². The predicted octanol–water partition coefficient (Wildman–Crippen LogP) is 2.39. The summed E-state index contributed by atoms with van der Waals surface area (Å²) in [7, 11) is 1.77. The molecule has 148 valence electrons. The molecule has 0 atom stereocenters. The van der Waals surface area contributed by atoms with Crippen LogP contribution in [0.5, 0.6) is 5.88 Å². The second kappa shape index (κ2) is 7.81. The van der Waals surface area contributed by atoms with Gasteiger partial charge in [-0.1, -0.05) is 13.8 Å². The first-order chi connectivity index (χ1) is 12.5. The number of hydrogen-bond donors (Lipinski definition) is 2. The van der Waals surface area contributed by atoms with Crippen LogP contribution in [0.25, 0.3) is 11.4 Å². The second-order valence-electron chi connectivity index (χ2n) is 8.10. The molecule has 2 heterocycles. The van der Waals surface area contributed by atoms with Crippen molar-refractivity contribution in [2.45, 2.75) is 40.2 Å². The van der Waals surface area contributed by atoms with Gasteiger partial charge in [0, 0.05) is 25.2 Å². The van der Waals surface area contributed by atoms with E-state index < -0.39 is 11.7 Å². The number of nitrogen functional groups attached to an aromatic ring is 1. The lowest BCUT2D eigenvalue weighted by Gasteiger charge is -2.26. The minimum atomic E-state index is -0.536. The summed E-state index contributed by atoms with van der Waals surface area (Å²) in [5.74, 6) is 1.35. The molecule has 0 saturated heterocycles. The maximum Gasteiger partial charge on any atom is 0.407 e. The molecule has 2 rings (SSSR count). The summed E-state index contributed by atoms with van der Waals surface area (Å²) in [6.45, 7) is 10.2. The van der Waals surface area contributed by atoms with Gasteiger partial charge in [0.1, 0.15) is 17.0 Å². The normalized spacial score (nSPS) is 11.9. The van der Waals surface area contributed by atoms with Crippen LogP contribution in [0.4, 0.5) is 10.6 Å². The molecule has 9 heteroatoms. The van der Waals surface area contributed by atoms with Crippen molar-refractivity contribution >= 4 is 11.9 Å². The molecular weight excluding hydrogens is 348 g/mol. The van der Waals surface area contributed by atoms with Gasteiger partial charge in [0.15, 0.2) is 5.82 Å². The number of carbonyl (C=O) groups excluding carboxylic acids is 1. The van der Waals surface area contributed by atoms with Crippen molar-refractivity contribution in [3.63, 3.8) is 0 Å². The Labute approximate surface area is 159 Å². The first-order valence-corrected chi connectivity index (χ1v) is 8.67. The van der Waals surface area contributed by atoms with Gasteiger partial charge in [-0.2, -0.15) is 5.10 Å². The van der Waals surface area contributed by atoms with Gasteiger partial charge in [-0.05, 0) is 26.8 Å². The molecule has 0 unspecified atom stereocenters. The van der Waals surface area contributed by atoms with Gasteiger partial charge in [-0.25, -0.2) is 19.4 Å². The number of nitrogens with zero attached hydrogens (tertiary/aromatic N) is 4. The number of rotatable bonds is 6. The lowest BCUT2D eigenvalue weighted by Crippen LogP contribution is -2.40. The van der Waals surface area contributed by atoms with Crippen LogP contribution in [-0.4, -0.2) is 44.6 Å². The van der Waals surface area contributed by atoms with E-state index in [0.717, 1.165) is 0 Å². The van der Waals surface area contributed by atoms with Crippen molar-refractivity contribution in [2.24, 2.45) is 12.5 Å². The van der Waals surface area contributed by atoms with Gasteiger partial charge in [0.25, 0.3) is 0 Å². The number of alkyl carbamates (subject to hydrolysis) is 1. The van der Waals surface area contributed by atoms with Gasteiger partial charge < -0.3 is 20.5 Å². The zero-order chi connectivity index (χ0) is 20.2. The minimum absolute atomic E-state index is 0.338. The Bertz CT molecular complexity index is 795. The Hall–Kier alpha value is -2.84. The van der Waals surface area contributed by atoms with E-state index in [2.05, 4.69) is 20.4 Å². The number of aryl methyl sites for hydroxylation is 1. The Morgan fingerprint density at radius 1 is 1.30 bits per heavy atom. The molecule has 0 spiro atoms. The van der Waals surface area contributed by atoms with E-state index in [9.17, 15) is 4.79 Å². The summed E-state index contributed by atoms with van der Waals surface area (Å²) >= 11 is 0. The first kappa shape index (κ1) is 20.5. The van der Waals surface area contributed by atoms with Crippen LogP contribution in [0.15, 0.2) is 18.5 Å². The van der Waals surface area contributed by atoms with Crippen molar-refractivity contribution in [2.75, 3.05) is 18.9 Å². The molecule has 0 radical (unpaired) electrons. The van der Waals surface area contributed by atoms with Crippen LogP contribution in [0, 0.1) is 5.41 Å². The molecule has 0 aliphatic rings. The highest BCUT2D eigenvalue weighted by Crippen LogP contribution is 2.28. The fraction of sp³-hybridized carbons (Fsp3) is 0.556. The summed E-state index contributed by atoms with van der Waals surface area (Å²) in [5.41, 5.74) is 5.52. The number of amides is 1. The summed E-state index contributed by atoms with van der Waals surface area (Å²) in [5, 5.41) is 6.99. The van der Waals surface area contributed by atoms with Crippen LogP contribution in [0.2, 0.25) is 0 Å². The third-order valence-corrected chi connectivity index (χ3v) is 3.51. The van der Waals surface area contributed by atoms with Gasteiger partial charge >= 0.3 is 6.09 Å². The van der Waals surface area contributed by atoms with Gasteiger partial charge in [-0.3, -0.25) is 0 Å². The van der Waals surface area contributed by atoms with Crippen molar-refractivity contribution < 1.29 is 14.3 Å². The van der Waals surface area contributed by atoms with E-state index in [0.29, 0.717) is 36.2 Å². The quantitative estimate of drug-likeness (QED) is 0.795. The number of aromatic nitrogens is 4. The fourth-order valence-electron chi connectivity index (χ4n) is 2.19. The zero-order valence-electron chi connectivity index (χ0n) is 16.7. The minimum Gasteiger partial charge on any atom is -0.477 e. The smallest absolute Gasteiger partial charge is 0.407 e. The Morgan fingerprint density at radius 3 is 2.63 bits per heavy atom. The van der Waals surface area contributed by atoms with Gasteiger partial charge in [-0.15, -0.1) is 0 Å². The molecule has 1 amide bonds. The molecule has 0 aliphatic heterocycles. The number of carbonyl (C=O) groups is 1. The average Bonchev–Trinajstić information content (AvgIpc) is 2.91. The molecule has 2 aromatic rings. The topological polar surface area (TPSA) is 117 Å². The molecule has 9 nitrogen and oxygen atoms in total. The molecule has 0 fully saturated rings. The van der Waals surface area contributed by atoms with E-state index >= 15 is 0 Å². The van der Waals surface area contributed by atoms with Gasteiger partial charge in [0.05, 0.1) is 12.8 Å². The van der Waals surface area contributed by atoms with Crippen LogP contribution >= 0.6 is 0 Å². The van der Waals surface area contributed by atoms with Crippen molar-refractivity contribution in [1.29, 1.82) is 0 Å². The van der Waals surface area contributed by atoms with E-state index in [4.69, 9.17) is 15.2 Å². The van der Waals surface area contributed by atoms with E-state index in [-0.39, 0.29) is 5.41 Å². The lowest BCUT2D eigenvalue weighted by molar-refractivity contribution is 0.0491. The van der Waals surface area contributed by atoms with E-state index in [1.165, 1.54) is 0 Å². The molecule has 0 aromatic carbocycles. The second-order valence-corrected chi connectivity index (χ2v) is 8.10. The van der Waals surface area contributed by atoms with Crippen LogP contribution in [0.1, 0.15) is 34.6 Å². The van der Waals surface area contributed by atoms with Crippen molar-refractivity contribution in [1.82, 2.24) is 25.1 Å². The lowest BCUT2D eigenvalue weighted by atomic mass is 9.95. The Kier molecular flexibility index (Phi) is 5.92. The summed E-state index contributed by atoms with van der Waals surface area (Å²) < 4.78 is 12.9. The number of nitrogens with one attached hydrogen (secondary N) is 1. The maximum absolute atomic E-state index is 11.8. The monoisotopic (exact) mass is 376 g/mol. The molecule has 0 aliphatic carbocycles. The molecule has 2 aromatic heterocycles. The SMILES string of the molecule is Cn1ncc(-c2nccc(N)n2)c1OCC(C)(C)CNC(=O)OC(C)(C)C. The molecule has 3 N–H and O–H groups in total. The third kappa shape index (κ3) is 6.12. The molecule has 27 heavy (non-hydrogen) atoms. The number of hydrogen-bond acceptors (Lipinski definition) is 7. The highest BCUT2D eigenvalue weighted by molar-refractivity contribution is 5.67. The maximum atomic E-state index is 11.8. The Balaban J connectivity index is 2.01. The van der Waals surface area contributed by atoms with Crippen LogP contribution < -0.4 is 15.8 Å². The largest absolute Gasteiger partial charge is 0.477 e. The highest BCUT2D eigenvalue weighted by Gasteiger charge is 2.24. The number of ether oxygens (including phenoxy) is 2. The average molecular weight is 376 g/mol. The third-order valence-electron chi connectivity index (χ3n) is 3.51. The molecule has 0 bridgehead atoms. The standard InChI is InChI=1S/C18H28N6O3/c1-17(2,3)27-16(25)21-10-18(4,5)11-26-15-12(9-22-24(15)6)14-20-8-7-13(19)23-14/h7-9H,10-11H2,1-6H3,(H,21,25)(H2,19,20,23). The summed E-state index contributed by atoms with van der Waals surface area (Å²) in [4.78, 5) is 20.3. The van der Waals surface area contributed by atoms with Crippen LogP contribution in [0.3, 0.4) is 0 Å². The zero-order valence-corrected chi connectivity index (χ0v) is 16.7. The first-order valence-electron chi connectivity index (χ1n) is 8.67. The van der Waals surface area contributed by atoms with Gasteiger partial charge in [0.2, 0.25) is 5.88 Å². The Morgan fingerprint density at radius 2 is 2.00 bits per heavy atom. The fourth-order valence-corrected chi connectivity index (χ4v) is 2.19. The molecular formula is C18H28N6O3. The van der Waals surface area contributed by atoms with Crippen LogP contribution in [-0.2, 0) is 11.8 Å². The molecule has 0 saturated carbocycles. The highest BCUT2D eigenvalue weighted by atomic mass is 16.6. The number of anilines is 1. The number of nitrogens with two attached hydrogens (primary N) is 1. The summed E-state index contributed by atoms with van der Waals surface area (Å²) in [6, 6.07) is 1.62. The van der Waals surface area contributed by atoms with Crippen molar-refractivity contribution in [3.8, 4) is 17.3 Å².